The van der Waals surface area contributed by atoms with Crippen LogP contribution in [-0.2, 0) is 0 Å². The van der Waals surface area contributed by atoms with E-state index in [0.29, 0.717) is 23.1 Å². The fraction of sp³-hybridized carbons (Fsp3) is 0. The first kappa shape index (κ1) is 26.5. The second kappa shape index (κ2) is 10.4. The highest BCUT2D eigenvalue weighted by molar-refractivity contribution is 6.16. The second-order valence-electron chi connectivity index (χ2n) is 11.8. The summed E-state index contributed by atoms with van der Waals surface area (Å²) >= 11 is 0. The number of benzene rings is 6. The molecular formula is C42H24N4O2. The summed E-state index contributed by atoms with van der Waals surface area (Å²) in [5.41, 5.74) is 7.31. The molecule has 6 nitrogen and oxygen atoms in total. The Morgan fingerprint density at radius 1 is 0.417 bits per heavy atom. The minimum absolute atomic E-state index is 0.568. The van der Waals surface area contributed by atoms with Crippen LogP contribution in [0.3, 0.4) is 0 Å². The van der Waals surface area contributed by atoms with Gasteiger partial charge in [-0.05, 0) is 41.1 Å². The Hall–Kier alpha value is -6.66. The van der Waals surface area contributed by atoms with Crippen LogP contribution in [0.5, 0.6) is 0 Å². The van der Waals surface area contributed by atoms with Gasteiger partial charge in [0.25, 0.3) is 0 Å². The molecule has 6 heteroatoms. The Bertz CT molecular complexity index is 2850. The number of hydrogen-bond acceptors (Lipinski definition) is 6. The van der Waals surface area contributed by atoms with Crippen LogP contribution in [-0.4, -0.2) is 19.9 Å². The van der Waals surface area contributed by atoms with Crippen molar-refractivity contribution in [2.75, 3.05) is 0 Å². The van der Waals surface area contributed by atoms with Crippen molar-refractivity contribution in [3.05, 3.63) is 146 Å². The van der Waals surface area contributed by atoms with Gasteiger partial charge in [-0.1, -0.05) is 109 Å². The van der Waals surface area contributed by atoms with Crippen molar-refractivity contribution in [2.24, 2.45) is 0 Å². The Labute approximate surface area is 274 Å². The topological polar surface area (TPSA) is 77.8 Å². The van der Waals surface area contributed by atoms with E-state index in [-0.39, 0.29) is 0 Å². The molecule has 0 amide bonds. The summed E-state index contributed by atoms with van der Waals surface area (Å²) in [7, 11) is 0. The lowest BCUT2D eigenvalue weighted by Gasteiger charge is -2.10. The van der Waals surface area contributed by atoms with E-state index < -0.39 is 0 Å². The zero-order chi connectivity index (χ0) is 31.6. The number of hydrogen-bond donors (Lipinski definition) is 0. The Morgan fingerprint density at radius 3 is 2.02 bits per heavy atom. The minimum Gasteiger partial charge on any atom is -0.455 e. The van der Waals surface area contributed by atoms with Crippen molar-refractivity contribution in [3.63, 3.8) is 0 Å². The fourth-order valence-corrected chi connectivity index (χ4v) is 6.73. The van der Waals surface area contributed by atoms with E-state index >= 15 is 0 Å². The Kier molecular flexibility index (Phi) is 5.77. The van der Waals surface area contributed by atoms with Gasteiger partial charge < -0.3 is 8.83 Å². The maximum atomic E-state index is 6.63. The molecule has 0 saturated heterocycles. The molecule has 0 bridgehead atoms. The SMILES string of the molecule is c1ccc(-c2nc(-c3ccc4ccccc4c3)nc(-c3cccc4oc5c(-c6cccc7c6oc6ccccc67)nccc5c34)n2)cc1. The molecule has 0 atom stereocenters. The van der Waals surface area contributed by atoms with Gasteiger partial charge in [0.05, 0.1) is 0 Å². The smallest absolute Gasteiger partial charge is 0.164 e. The zero-order valence-electron chi connectivity index (χ0n) is 25.5. The quantitative estimate of drug-likeness (QED) is 0.196. The molecule has 48 heavy (non-hydrogen) atoms. The van der Waals surface area contributed by atoms with E-state index in [2.05, 4.69) is 42.5 Å². The summed E-state index contributed by atoms with van der Waals surface area (Å²) in [4.78, 5) is 19.9. The second-order valence-corrected chi connectivity index (χ2v) is 11.8. The van der Waals surface area contributed by atoms with Gasteiger partial charge in [-0.3, -0.25) is 4.98 Å². The molecule has 6 aromatic carbocycles. The van der Waals surface area contributed by atoms with Gasteiger partial charge in [0.2, 0.25) is 0 Å². The third kappa shape index (κ3) is 4.13. The normalized spacial score (nSPS) is 11.8. The van der Waals surface area contributed by atoms with Gasteiger partial charge in [-0.25, -0.2) is 15.0 Å². The van der Waals surface area contributed by atoms with Crippen molar-refractivity contribution in [1.82, 2.24) is 19.9 Å². The number of furan rings is 2. The zero-order valence-corrected chi connectivity index (χ0v) is 25.5. The maximum Gasteiger partial charge on any atom is 0.164 e. The van der Waals surface area contributed by atoms with Crippen molar-refractivity contribution in [3.8, 4) is 45.4 Å². The first-order chi connectivity index (χ1) is 23.8. The molecule has 4 heterocycles. The molecule has 0 aliphatic rings. The van der Waals surface area contributed by atoms with Crippen LogP contribution >= 0.6 is 0 Å². The van der Waals surface area contributed by atoms with Gasteiger partial charge in [-0.2, -0.15) is 0 Å². The van der Waals surface area contributed by atoms with Crippen LogP contribution in [0.2, 0.25) is 0 Å². The lowest BCUT2D eigenvalue weighted by Crippen LogP contribution is -2.00. The Balaban J connectivity index is 1.21. The molecule has 0 spiro atoms. The molecule has 10 rings (SSSR count). The van der Waals surface area contributed by atoms with Gasteiger partial charge in [-0.15, -0.1) is 0 Å². The third-order valence-electron chi connectivity index (χ3n) is 8.99. The van der Waals surface area contributed by atoms with Gasteiger partial charge >= 0.3 is 0 Å². The maximum absolute atomic E-state index is 6.63. The molecule has 4 aromatic heterocycles. The first-order valence-electron chi connectivity index (χ1n) is 15.8. The Morgan fingerprint density at radius 2 is 1.10 bits per heavy atom. The molecule has 0 radical (unpaired) electrons. The average Bonchev–Trinajstić information content (AvgIpc) is 3.74. The van der Waals surface area contributed by atoms with E-state index in [4.69, 9.17) is 28.8 Å². The summed E-state index contributed by atoms with van der Waals surface area (Å²) in [6.45, 7) is 0. The van der Waals surface area contributed by atoms with Crippen LogP contribution in [0.25, 0.3) is 100 Å². The van der Waals surface area contributed by atoms with Gasteiger partial charge in [0.1, 0.15) is 22.4 Å². The van der Waals surface area contributed by atoms with Crippen LogP contribution in [0.1, 0.15) is 0 Å². The fourth-order valence-electron chi connectivity index (χ4n) is 6.73. The lowest BCUT2D eigenvalue weighted by molar-refractivity contribution is 0.663. The molecule has 0 unspecified atom stereocenters. The van der Waals surface area contributed by atoms with E-state index in [1.165, 1.54) is 0 Å². The summed E-state index contributed by atoms with van der Waals surface area (Å²) in [5.74, 6) is 1.78. The number of para-hydroxylation sites is 2. The van der Waals surface area contributed by atoms with Crippen molar-refractivity contribution in [1.29, 1.82) is 0 Å². The molecule has 0 saturated carbocycles. The number of aromatic nitrogens is 4. The number of fused-ring (bicyclic) bond motifs is 7. The van der Waals surface area contributed by atoms with E-state index in [0.717, 1.165) is 77.0 Å². The van der Waals surface area contributed by atoms with Crippen molar-refractivity contribution >= 4 is 54.6 Å². The summed E-state index contributed by atoms with van der Waals surface area (Å²) in [6, 6.07) is 46.9. The lowest BCUT2D eigenvalue weighted by atomic mass is 10.0. The highest BCUT2D eigenvalue weighted by Gasteiger charge is 2.22. The molecule has 0 N–H and O–H groups in total. The summed E-state index contributed by atoms with van der Waals surface area (Å²) in [6.07, 6.45) is 1.83. The highest BCUT2D eigenvalue weighted by Crippen LogP contribution is 2.42. The van der Waals surface area contributed by atoms with Crippen molar-refractivity contribution in [2.45, 2.75) is 0 Å². The summed E-state index contributed by atoms with van der Waals surface area (Å²) < 4.78 is 13.0. The number of rotatable bonds is 4. The highest BCUT2D eigenvalue weighted by atomic mass is 16.3. The molecule has 224 valence electrons. The number of pyridine rings is 1. The van der Waals surface area contributed by atoms with Crippen LogP contribution in [0, 0.1) is 0 Å². The van der Waals surface area contributed by atoms with E-state index in [1.54, 1.807) is 0 Å². The molecular weight excluding hydrogens is 592 g/mol. The predicted molar refractivity (Wildman–Crippen MR) is 191 cm³/mol. The van der Waals surface area contributed by atoms with Gasteiger partial charge in [0, 0.05) is 50.0 Å². The largest absolute Gasteiger partial charge is 0.455 e. The monoisotopic (exact) mass is 616 g/mol. The van der Waals surface area contributed by atoms with E-state index in [1.807, 2.05) is 103 Å². The van der Waals surface area contributed by atoms with Crippen LogP contribution < -0.4 is 0 Å². The molecule has 10 aromatic rings. The predicted octanol–water partition coefficient (Wildman–Crippen LogP) is 10.9. The standard InChI is InChI=1S/C42H24N4O2/c1-2-11-26(12-3-1)40-44-41(28-21-20-25-10-4-5-13-27(25)24-28)46-42(45-40)32-16-9-19-35-36(32)31-22-23-43-37(39(31)48-35)33-17-8-15-30-29-14-6-7-18-34(29)47-38(30)33/h1-24H. The minimum atomic E-state index is 0.568. The number of nitrogens with zero attached hydrogens (tertiary/aromatic N) is 4. The van der Waals surface area contributed by atoms with E-state index in [9.17, 15) is 0 Å². The molecule has 0 fully saturated rings. The average molecular weight is 617 g/mol. The summed E-state index contributed by atoms with van der Waals surface area (Å²) in [5, 5.41) is 6.24. The van der Waals surface area contributed by atoms with Gasteiger partial charge in [0.15, 0.2) is 23.1 Å². The third-order valence-corrected chi connectivity index (χ3v) is 8.99. The van der Waals surface area contributed by atoms with Crippen molar-refractivity contribution < 1.29 is 8.83 Å². The molecule has 0 aliphatic carbocycles. The molecule has 0 aliphatic heterocycles. The van der Waals surface area contributed by atoms with Crippen LogP contribution in [0.15, 0.2) is 155 Å². The van der Waals surface area contributed by atoms with Crippen LogP contribution in [0.4, 0.5) is 0 Å². The first-order valence-corrected chi connectivity index (χ1v) is 15.8.